The van der Waals surface area contributed by atoms with Gasteiger partial charge >= 0.3 is 0 Å². The Kier molecular flexibility index (Phi) is 15.5. The third-order valence-corrected chi connectivity index (χ3v) is 7.41. The molecule has 54 heavy (non-hydrogen) atoms. The second kappa shape index (κ2) is 20.7. The number of nitrogens with two attached hydrogens (primary N) is 6. The van der Waals surface area contributed by atoms with Crippen LogP contribution in [0.1, 0.15) is 17.5 Å². The van der Waals surface area contributed by atoms with E-state index in [1.54, 1.807) is 72.8 Å². The molecule has 0 fully saturated rings. The zero-order chi connectivity index (χ0) is 38.9. The normalized spacial score (nSPS) is 13.2. The number of halogens is 3. The van der Waals surface area contributed by atoms with Gasteiger partial charge in [0.15, 0.2) is 0 Å². The lowest BCUT2D eigenvalue weighted by Gasteiger charge is -2.07. The molecule has 18 nitrogen and oxygen atoms in total. The standard InChI is InChI=1S/C33H39Cl3N18/c34-19-1-7-22(8-2-19)46-31(40)52-28(37)43-16-13-25-49-26(14-17-44-29(38)53-32(41)47-23-9-3-20(35)4-10-23)51-27(50-25)15-18-45-30(39)54-33(42)48-24-11-5-21(36)6-12-24/h1-12H,13-18H2,(H5,37,40,43,46,52)(H5,38,41,44,47,53)(H5,39,42,45,48,54). The van der Waals surface area contributed by atoms with Crippen LogP contribution >= 0.6 is 34.8 Å². The largest absolute Gasteiger partial charge is 0.369 e. The number of nitrogens with zero attached hydrogens (tertiary/aromatic N) is 9. The maximum absolute atomic E-state index is 5.99. The van der Waals surface area contributed by atoms with Crippen LogP contribution in [0.25, 0.3) is 0 Å². The lowest BCUT2D eigenvalue weighted by atomic mass is 10.3. The molecule has 0 spiro atoms. The minimum absolute atomic E-state index is 0.0335. The summed E-state index contributed by atoms with van der Waals surface area (Å²) in [6.45, 7) is 0.642. The number of nitrogens with one attached hydrogen (secondary N) is 3. The highest BCUT2D eigenvalue weighted by atomic mass is 35.5. The average Bonchev–Trinajstić information content (AvgIpc) is 3.11. The lowest BCUT2D eigenvalue weighted by Crippen LogP contribution is -2.26. The van der Waals surface area contributed by atoms with Gasteiger partial charge in [-0.05, 0) is 72.8 Å². The van der Waals surface area contributed by atoms with Crippen LogP contribution in [0.4, 0.5) is 17.1 Å². The SMILES string of the molecule is NC(=NCCc1nc(CCN=C(N)N=C(N)Nc2ccc(Cl)cc2)nc(CCN=C(N)N=C(N)Nc2ccc(Cl)cc2)n1)N=C(N)Nc1ccc(Cl)cc1. The van der Waals surface area contributed by atoms with Gasteiger partial charge in [0, 0.05) is 71.0 Å². The Morgan fingerprint density at radius 2 is 0.667 bits per heavy atom. The Balaban J connectivity index is 1.41. The molecule has 0 radical (unpaired) electrons. The smallest absolute Gasteiger partial charge is 0.218 e. The fourth-order valence-corrected chi connectivity index (χ4v) is 4.65. The number of hydrogen-bond acceptors (Lipinski definition) is 6. The van der Waals surface area contributed by atoms with E-state index < -0.39 is 0 Å². The van der Waals surface area contributed by atoms with E-state index in [0.717, 1.165) is 0 Å². The van der Waals surface area contributed by atoms with Gasteiger partial charge in [-0.15, -0.1) is 0 Å². The molecule has 0 saturated carbocycles. The van der Waals surface area contributed by atoms with E-state index in [1.165, 1.54) is 0 Å². The predicted molar refractivity (Wildman–Crippen MR) is 220 cm³/mol. The molecule has 0 saturated heterocycles. The van der Waals surface area contributed by atoms with Crippen molar-refractivity contribution in [3.63, 3.8) is 0 Å². The highest BCUT2D eigenvalue weighted by Gasteiger charge is 2.08. The second-order valence-corrected chi connectivity index (χ2v) is 12.2. The number of benzene rings is 3. The minimum atomic E-state index is -0.0335. The van der Waals surface area contributed by atoms with Crippen LogP contribution < -0.4 is 50.4 Å². The van der Waals surface area contributed by atoms with Gasteiger partial charge in [0.25, 0.3) is 0 Å². The zero-order valence-electron chi connectivity index (χ0n) is 28.8. The van der Waals surface area contributed by atoms with Crippen LogP contribution in [0, 0.1) is 0 Å². The van der Waals surface area contributed by atoms with Crippen molar-refractivity contribution in [1.29, 1.82) is 0 Å². The topological polar surface area (TPSA) is 305 Å². The van der Waals surface area contributed by atoms with Crippen molar-refractivity contribution < 1.29 is 0 Å². The van der Waals surface area contributed by atoms with Crippen LogP contribution in [0.5, 0.6) is 0 Å². The van der Waals surface area contributed by atoms with Crippen LogP contribution in [0.15, 0.2) is 103 Å². The number of anilines is 3. The first kappa shape index (κ1) is 40.5. The number of aromatic nitrogens is 3. The van der Waals surface area contributed by atoms with Crippen molar-refractivity contribution in [3.05, 3.63) is 105 Å². The summed E-state index contributed by atoms with van der Waals surface area (Å²) in [6.07, 6.45) is 0.942. The number of aliphatic imine (C=N–C) groups is 6. The Labute approximate surface area is 326 Å². The summed E-state index contributed by atoms with van der Waals surface area (Å²) in [7, 11) is 0. The number of guanidine groups is 6. The van der Waals surface area contributed by atoms with E-state index in [1.807, 2.05) is 0 Å². The number of hydrogen-bond donors (Lipinski definition) is 9. The van der Waals surface area contributed by atoms with Gasteiger partial charge in [-0.3, -0.25) is 15.0 Å². The van der Waals surface area contributed by atoms with E-state index in [9.17, 15) is 0 Å². The molecule has 0 amide bonds. The summed E-state index contributed by atoms with van der Waals surface area (Å²) < 4.78 is 0. The van der Waals surface area contributed by atoms with Crippen molar-refractivity contribution in [1.82, 2.24) is 15.0 Å². The molecule has 21 heteroatoms. The monoisotopic (exact) mass is 792 g/mol. The summed E-state index contributed by atoms with van der Waals surface area (Å²) in [6, 6.07) is 20.8. The van der Waals surface area contributed by atoms with Crippen molar-refractivity contribution in [2.45, 2.75) is 19.3 Å². The molecule has 0 atom stereocenters. The molecule has 0 aliphatic carbocycles. The molecule has 1 aromatic heterocycles. The van der Waals surface area contributed by atoms with E-state index in [0.29, 0.717) is 68.9 Å². The van der Waals surface area contributed by atoms with Gasteiger partial charge in [0.2, 0.25) is 35.8 Å². The van der Waals surface area contributed by atoms with E-state index in [4.69, 9.17) is 69.2 Å². The molecule has 1 heterocycles. The third kappa shape index (κ3) is 15.2. The quantitative estimate of drug-likeness (QED) is 0.0739. The lowest BCUT2D eigenvalue weighted by molar-refractivity contribution is 0.730. The molecular weight excluding hydrogens is 755 g/mol. The molecule has 3 aromatic carbocycles. The first-order valence-electron chi connectivity index (χ1n) is 16.1. The zero-order valence-corrected chi connectivity index (χ0v) is 31.1. The Bertz CT molecular complexity index is 1780. The maximum atomic E-state index is 5.99. The van der Waals surface area contributed by atoms with Crippen LogP contribution in [0.3, 0.4) is 0 Å². The fraction of sp³-hybridized carbons (Fsp3) is 0.182. The van der Waals surface area contributed by atoms with Gasteiger partial charge in [-0.2, -0.15) is 15.0 Å². The summed E-state index contributed by atoms with van der Waals surface area (Å²) in [5.41, 5.74) is 37.9. The predicted octanol–water partition coefficient (Wildman–Crippen LogP) is 2.68. The van der Waals surface area contributed by atoms with E-state index >= 15 is 0 Å². The van der Waals surface area contributed by atoms with Gasteiger partial charge in [-0.25, -0.2) is 15.0 Å². The summed E-state index contributed by atoms with van der Waals surface area (Å²) in [5.74, 6) is 1.45. The van der Waals surface area contributed by atoms with Crippen LogP contribution in [-0.2, 0) is 19.3 Å². The summed E-state index contributed by atoms with van der Waals surface area (Å²) in [4.78, 5) is 38.8. The van der Waals surface area contributed by atoms with Crippen molar-refractivity contribution in [2.75, 3.05) is 35.6 Å². The second-order valence-electron chi connectivity index (χ2n) is 10.9. The highest BCUT2D eigenvalue weighted by molar-refractivity contribution is 6.31. The fourth-order valence-electron chi connectivity index (χ4n) is 4.27. The molecule has 282 valence electrons. The van der Waals surface area contributed by atoms with Crippen molar-refractivity contribution >= 4 is 87.6 Å². The Morgan fingerprint density at radius 1 is 0.426 bits per heavy atom. The first-order chi connectivity index (χ1) is 25.9. The molecular formula is C33H39Cl3N18. The summed E-state index contributed by atoms with van der Waals surface area (Å²) >= 11 is 17.8. The highest BCUT2D eigenvalue weighted by Crippen LogP contribution is 2.15. The van der Waals surface area contributed by atoms with Crippen LogP contribution in [-0.4, -0.2) is 70.3 Å². The molecule has 15 N–H and O–H groups in total. The third-order valence-electron chi connectivity index (χ3n) is 6.66. The number of rotatable bonds is 12. The van der Waals surface area contributed by atoms with Gasteiger partial charge in [-0.1, -0.05) is 34.8 Å². The molecule has 0 aliphatic heterocycles. The molecule has 0 unspecified atom stereocenters. The first-order valence-corrected chi connectivity index (χ1v) is 17.3. The Morgan fingerprint density at radius 3 is 0.907 bits per heavy atom. The maximum Gasteiger partial charge on any atom is 0.218 e. The van der Waals surface area contributed by atoms with E-state index in [-0.39, 0.29) is 55.4 Å². The minimum Gasteiger partial charge on any atom is -0.369 e. The molecule has 4 aromatic rings. The van der Waals surface area contributed by atoms with Crippen molar-refractivity contribution in [3.8, 4) is 0 Å². The van der Waals surface area contributed by atoms with Crippen molar-refractivity contribution in [2.24, 2.45) is 64.4 Å². The van der Waals surface area contributed by atoms with Gasteiger partial charge < -0.3 is 50.4 Å². The van der Waals surface area contributed by atoms with E-state index in [2.05, 4.69) is 60.9 Å². The van der Waals surface area contributed by atoms with Gasteiger partial charge in [0.05, 0.1) is 0 Å². The average molecular weight is 794 g/mol. The van der Waals surface area contributed by atoms with Gasteiger partial charge in [0.1, 0.15) is 17.5 Å². The molecule has 0 bridgehead atoms. The van der Waals surface area contributed by atoms with Crippen LogP contribution in [0.2, 0.25) is 15.1 Å². The molecule has 4 rings (SSSR count). The summed E-state index contributed by atoms with van der Waals surface area (Å²) in [5, 5.41) is 10.5. The Hall–Kier alpha value is -6.24. The molecule has 0 aliphatic rings.